The quantitative estimate of drug-likeness (QED) is 0.246. The normalized spacial score (nSPS) is 12.5. The summed E-state index contributed by atoms with van der Waals surface area (Å²) < 4.78 is 69.8. The fourth-order valence-electron chi connectivity index (χ4n) is 4.43. The number of halogens is 4. The molecule has 2 amide bonds. The molecule has 0 spiro atoms. The first-order valence-electron chi connectivity index (χ1n) is 13.8. The smallest absolute Gasteiger partial charge is 0.354 e. The van der Waals surface area contributed by atoms with Crippen molar-refractivity contribution < 1.29 is 31.2 Å². The highest BCUT2D eigenvalue weighted by atomic mass is 35.5. The molecule has 1 N–H and O–H groups in total. The third-order valence-corrected chi connectivity index (χ3v) is 8.96. The van der Waals surface area contributed by atoms with E-state index in [-0.39, 0.29) is 17.9 Å². The highest BCUT2D eigenvalue weighted by Gasteiger charge is 2.37. The van der Waals surface area contributed by atoms with Gasteiger partial charge in [-0.05, 0) is 62.6 Å². The number of carbonyl (C=O) groups is 2. The molecule has 0 fully saturated rings. The Kier molecular flexibility index (Phi) is 11.3. The number of aryl methyl sites for hydroxylation is 2. The van der Waals surface area contributed by atoms with E-state index in [1.807, 2.05) is 26.0 Å². The van der Waals surface area contributed by atoms with Crippen molar-refractivity contribution in [2.75, 3.05) is 17.4 Å². The summed E-state index contributed by atoms with van der Waals surface area (Å²) in [5, 5.41) is 2.17. The first-order chi connectivity index (χ1) is 20.2. The molecule has 1 atom stereocenters. The molecule has 0 unspecified atom stereocenters. The van der Waals surface area contributed by atoms with Crippen LogP contribution in [0.15, 0.2) is 71.6 Å². The van der Waals surface area contributed by atoms with Crippen LogP contribution in [0.3, 0.4) is 0 Å². The zero-order valence-electron chi connectivity index (χ0n) is 24.4. The molecule has 0 aliphatic rings. The van der Waals surface area contributed by atoms with Gasteiger partial charge in [-0.2, -0.15) is 13.2 Å². The van der Waals surface area contributed by atoms with E-state index in [0.29, 0.717) is 28.9 Å². The molecule has 3 aromatic rings. The second-order valence-electron chi connectivity index (χ2n) is 10.2. The number of rotatable bonds is 12. The van der Waals surface area contributed by atoms with Gasteiger partial charge in [0.05, 0.1) is 21.2 Å². The molecule has 0 heterocycles. The van der Waals surface area contributed by atoms with Gasteiger partial charge in [0, 0.05) is 13.1 Å². The summed E-state index contributed by atoms with van der Waals surface area (Å²) >= 11 is 5.82. The number of hydrogen-bond donors (Lipinski definition) is 1. The Labute approximate surface area is 255 Å². The summed E-state index contributed by atoms with van der Waals surface area (Å²) in [6.45, 7) is 6.75. The van der Waals surface area contributed by atoms with Crippen LogP contribution in [0.25, 0.3) is 0 Å². The van der Waals surface area contributed by atoms with Crippen LogP contribution in [-0.4, -0.2) is 44.3 Å². The minimum atomic E-state index is -4.88. The molecule has 7 nitrogen and oxygen atoms in total. The van der Waals surface area contributed by atoms with Crippen molar-refractivity contribution in [3.05, 3.63) is 94.0 Å². The number of nitrogens with zero attached hydrogens (tertiary/aromatic N) is 2. The van der Waals surface area contributed by atoms with E-state index in [1.54, 1.807) is 38.1 Å². The van der Waals surface area contributed by atoms with Crippen LogP contribution in [-0.2, 0) is 32.3 Å². The van der Waals surface area contributed by atoms with E-state index in [4.69, 9.17) is 11.6 Å². The van der Waals surface area contributed by atoms with Crippen LogP contribution >= 0.6 is 11.6 Å². The van der Waals surface area contributed by atoms with Gasteiger partial charge in [0.15, 0.2) is 0 Å². The summed E-state index contributed by atoms with van der Waals surface area (Å²) in [4.78, 5) is 28.3. The number of anilines is 1. The number of benzene rings is 3. The molecule has 3 aromatic carbocycles. The van der Waals surface area contributed by atoms with Gasteiger partial charge in [0.2, 0.25) is 11.8 Å². The number of sulfonamides is 1. The lowest BCUT2D eigenvalue weighted by molar-refractivity contribution is -0.140. The van der Waals surface area contributed by atoms with Crippen LogP contribution in [0.1, 0.15) is 48.9 Å². The van der Waals surface area contributed by atoms with Crippen LogP contribution < -0.4 is 9.62 Å². The lowest BCUT2D eigenvalue weighted by Crippen LogP contribution is -2.52. The minimum Gasteiger partial charge on any atom is -0.354 e. The summed E-state index contributed by atoms with van der Waals surface area (Å²) in [5.74, 6) is -1.18. The number of hydrogen-bond acceptors (Lipinski definition) is 4. The van der Waals surface area contributed by atoms with Crippen LogP contribution in [0.2, 0.25) is 5.02 Å². The van der Waals surface area contributed by atoms with Gasteiger partial charge < -0.3 is 10.2 Å². The summed E-state index contributed by atoms with van der Waals surface area (Å²) in [5.41, 5.74) is 0.794. The van der Waals surface area contributed by atoms with Gasteiger partial charge in [0.1, 0.15) is 12.6 Å². The topological polar surface area (TPSA) is 86.8 Å². The maximum Gasteiger partial charge on any atom is 0.417 e. The van der Waals surface area contributed by atoms with Gasteiger partial charge in [-0.1, -0.05) is 73.0 Å². The van der Waals surface area contributed by atoms with Crippen molar-refractivity contribution in [3.8, 4) is 0 Å². The molecule has 0 bridgehead atoms. The fraction of sp³-hybridized carbons (Fsp3) is 0.355. The van der Waals surface area contributed by atoms with Gasteiger partial charge in [0.25, 0.3) is 10.0 Å². The summed E-state index contributed by atoms with van der Waals surface area (Å²) in [6.07, 6.45) is -4.00. The number of amides is 2. The average Bonchev–Trinajstić information content (AvgIpc) is 2.95. The zero-order valence-corrected chi connectivity index (χ0v) is 26.0. The van der Waals surface area contributed by atoms with Crippen molar-refractivity contribution >= 4 is 39.1 Å². The largest absolute Gasteiger partial charge is 0.417 e. The Morgan fingerprint density at radius 3 is 2.05 bits per heavy atom. The highest BCUT2D eigenvalue weighted by Crippen LogP contribution is 2.38. The van der Waals surface area contributed by atoms with Crippen LogP contribution in [0, 0.1) is 13.8 Å². The fourth-order valence-corrected chi connectivity index (χ4v) is 6.06. The van der Waals surface area contributed by atoms with E-state index in [0.717, 1.165) is 23.3 Å². The summed E-state index contributed by atoms with van der Waals surface area (Å²) in [7, 11) is -4.55. The van der Waals surface area contributed by atoms with Crippen molar-refractivity contribution in [2.24, 2.45) is 0 Å². The first kappa shape index (κ1) is 33.9. The Morgan fingerprint density at radius 1 is 0.930 bits per heavy atom. The van der Waals surface area contributed by atoms with Crippen LogP contribution in [0.4, 0.5) is 18.9 Å². The third kappa shape index (κ3) is 8.51. The molecule has 3 rings (SSSR count). The Hall–Kier alpha value is -3.57. The molecule has 0 saturated heterocycles. The molecular weight excluding hydrogens is 603 g/mol. The molecule has 43 heavy (non-hydrogen) atoms. The molecule has 0 aliphatic heterocycles. The Balaban J connectivity index is 2.14. The lowest BCUT2D eigenvalue weighted by atomic mass is 10.1. The second-order valence-corrected chi connectivity index (χ2v) is 12.5. The van der Waals surface area contributed by atoms with Crippen molar-refractivity contribution in [1.82, 2.24) is 10.2 Å². The number of alkyl halides is 3. The SMILES string of the molecule is CCCNC(=O)[C@@H](CC)N(Cc1ccc(C)cc1)C(=O)CN(c1ccc(Cl)c(C(F)(F)F)c1)S(=O)(=O)c1ccc(C)cc1. The predicted octanol–water partition coefficient (Wildman–Crippen LogP) is 6.50. The zero-order chi connectivity index (χ0) is 31.9. The highest BCUT2D eigenvalue weighted by molar-refractivity contribution is 7.92. The molecular formula is C31H35ClF3N3O4S. The average molecular weight is 638 g/mol. The molecule has 232 valence electrons. The van der Waals surface area contributed by atoms with E-state index >= 15 is 0 Å². The van der Waals surface area contributed by atoms with Crippen molar-refractivity contribution in [3.63, 3.8) is 0 Å². The van der Waals surface area contributed by atoms with Gasteiger partial charge >= 0.3 is 6.18 Å². The first-order valence-corrected chi connectivity index (χ1v) is 15.6. The minimum absolute atomic E-state index is 0.0238. The lowest BCUT2D eigenvalue weighted by Gasteiger charge is -2.33. The van der Waals surface area contributed by atoms with E-state index in [1.165, 1.54) is 17.0 Å². The molecule has 12 heteroatoms. The number of nitrogens with one attached hydrogen (secondary N) is 1. The van der Waals surface area contributed by atoms with Crippen LogP contribution in [0.5, 0.6) is 0 Å². The maximum atomic E-state index is 14.0. The van der Waals surface area contributed by atoms with E-state index in [9.17, 15) is 31.2 Å². The van der Waals surface area contributed by atoms with Crippen molar-refractivity contribution in [2.45, 2.75) is 64.2 Å². The second kappa shape index (κ2) is 14.3. The molecule has 0 aromatic heterocycles. The van der Waals surface area contributed by atoms with Gasteiger partial charge in [-0.25, -0.2) is 8.42 Å². The molecule has 0 aliphatic carbocycles. The molecule has 0 radical (unpaired) electrons. The maximum absolute atomic E-state index is 14.0. The standard InChI is InChI=1S/C31H35ClF3N3O4S/c1-5-17-36-30(40)28(6-2)37(19-23-11-7-21(3)8-12-23)29(39)20-38(43(41,42)25-14-9-22(4)10-15-25)24-13-16-27(32)26(18-24)31(33,34)35/h7-16,18,28H,5-6,17,19-20H2,1-4H3,(H,36,40)/t28-/m1/s1. The number of carbonyl (C=O) groups excluding carboxylic acids is 2. The third-order valence-electron chi connectivity index (χ3n) is 6.84. The Morgan fingerprint density at radius 2 is 1.51 bits per heavy atom. The molecule has 0 saturated carbocycles. The van der Waals surface area contributed by atoms with Gasteiger partial charge in [-0.3, -0.25) is 13.9 Å². The van der Waals surface area contributed by atoms with Gasteiger partial charge in [-0.15, -0.1) is 0 Å². The monoisotopic (exact) mass is 637 g/mol. The summed E-state index contributed by atoms with van der Waals surface area (Å²) in [6, 6.07) is 14.7. The Bertz CT molecular complexity index is 1530. The van der Waals surface area contributed by atoms with E-state index in [2.05, 4.69) is 5.32 Å². The predicted molar refractivity (Wildman–Crippen MR) is 161 cm³/mol. The van der Waals surface area contributed by atoms with Crippen molar-refractivity contribution in [1.29, 1.82) is 0 Å². The van der Waals surface area contributed by atoms with E-state index < -0.39 is 56.9 Å².